The maximum absolute atomic E-state index is 12.6. The lowest BCUT2D eigenvalue weighted by Crippen LogP contribution is -2.16. The predicted molar refractivity (Wildman–Crippen MR) is 154 cm³/mol. The normalized spacial score (nSPS) is 12.4. The van der Waals surface area contributed by atoms with Crippen LogP contribution in [0.25, 0.3) is 0 Å². The number of hydrogen-bond donors (Lipinski definition) is 4. The molecule has 20 heteroatoms. The number of nitriles is 1. The number of aromatic nitrogens is 1. The second-order valence-electron chi connectivity index (χ2n) is 8.69. The Kier molecular flexibility index (Phi) is 13.3. The van der Waals surface area contributed by atoms with Crippen molar-refractivity contribution in [2.45, 2.75) is 29.6 Å². The highest BCUT2D eigenvalue weighted by molar-refractivity contribution is 7.91. The first kappa shape index (κ1) is 35.9. The molecule has 0 atom stereocenters. The molecule has 0 spiro atoms. The fraction of sp³-hybridized carbons (Fsp3) is 0.478. The van der Waals surface area contributed by atoms with Crippen molar-refractivity contribution in [3.8, 4) is 6.07 Å². The van der Waals surface area contributed by atoms with Gasteiger partial charge in [0, 0.05) is 46.1 Å². The van der Waals surface area contributed by atoms with Crippen molar-refractivity contribution in [3.05, 3.63) is 29.3 Å². The zero-order valence-corrected chi connectivity index (χ0v) is 25.9. The van der Waals surface area contributed by atoms with Crippen molar-refractivity contribution in [1.29, 1.82) is 5.26 Å². The Balaban J connectivity index is 2.56. The molecule has 1 aromatic carbocycles. The van der Waals surface area contributed by atoms with E-state index in [2.05, 4.69) is 36.1 Å². The molecule has 0 aliphatic heterocycles. The molecule has 0 amide bonds. The highest BCUT2D eigenvalue weighted by atomic mass is 32.3. The largest absolute Gasteiger partial charge is 0.397 e. The molecule has 1 aromatic heterocycles. The smallest absolute Gasteiger partial charge is 0.385 e. The molecule has 0 saturated heterocycles. The second-order valence-corrected chi connectivity index (χ2v) is 13.3. The Morgan fingerprint density at radius 1 is 0.930 bits per heavy atom. The van der Waals surface area contributed by atoms with E-state index >= 15 is 0 Å². The Hall–Kier alpha value is -3.29. The van der Waals surface area contributed by atoms with E-state index in [0.29, 0.717) is 50.8 Å². The zero-order valence-electron chi connectivity index (χ0n) is 23.5. The molecular formula is C23H32N6O11S3. The van der Waals surface area contributed by atoms with Gasteiger partial charge in [0.1, 0.15) is 28.2 Å². The van der Waals surface area contributed by atoms with Gasteiger partial charge in [-0.1, -0.05) is 0 Å². The molecule has 1 heterocycles. The number of pyridine rings is 1. The fourth-order valence-electron chi connectivity index (χ4n) is 3.50. The van der Waals surface area contributed by atoms with Crippen LogP contribution in [0, 0.1) is 18.3 Å². The summed E-state index contributed by atoms with van der Waals surface area (Å²) in [5.41, 5.74) is 0.130. The molecule has 0 bridgehead atoms. The predicted octanol–water partition coefficient (Wildman–Crippen LogP) is 2.41. The van der Waals surface area contributed by atoms with Crippen LogP contribution < -0.4 is 10.6 Å². The molecule has 0 fully saturated rings. The number of sulfone groups is 1. The van der Waals surface area contributed by atoms with E-state index in [-0.39, 0.29) is 22.9 Å². The van der Waals surface area contributed by atoms with Gasteiger partial charge in [-0.3, -0.25) is 9.11 Å². The van der Waals surface area contributed by atoms with E-state index in [0.717, 1.165) is 12.1 Å². The zero-order chi connectivity index (χ0) is 32.3. The number of anilines is 2. The summed E-state index contributed by atoms with van der Waals surface area (Å²) in [6, 6.07) is 4.61. The Labute approximate surface area is 249 Å². The summed E-state index contributed by atoms with van der Waals surface area (Å²) in [5, 5.41) is 24.0. The average Bonchev–Trinajstić information content (AvgIpc) is 2.91. The highest BCUT2D eigenvalue weighted by Crippen LogP contribution is 2.36. The highest BCUT2D eigenvalue weighted by Gasteiger charge is 2.23. The number of nitrogens with one attached hydrogen (secondary N) is 2. The van der Waals surface area contributed by atoms with Gasteiger partial charge in [-0.2, -0.15) is 22.1 Å². The number of benzene rings is 1. The molecule has 2 rings (SSSR count). The summed E-state index contributed by atoms with van der Waals surface area (Å²) >= 11 is 0. The van der Waals surface area contributed by atoms with Gasteiger partial charge in [0.25, 0.3) is 10.1 Å². The lowest BCUT2D eigenvalue weighted by molar-refractivity contribution is 0.197. The average molecular weight is 665 g/mol. The van der Waals surface area contributed by atoms with Crippen LogP contribution >= 0.6 is 0 Å². The van der Waals surface area contributed by atoms with Crippen molar-refractivity contribution in [2.75, 3.05) is 63.5 Å². The van der Waals surface area contributed by atoms with Crippen LogP contribution in [0.2, 0.25) is 0 Å². The summed E-state index contributed by atoms with van der Waals surface area (Å²) in [5.74, 6) is -0.461. The van der Waals surface area contributed by atoms with E-state index in [4.69, 9.17) is 14.0 Å². The van der Waals surface area contributed by atoms with Crippen LogP contribution in [0.15, 0.2) is 38.2 Å². The van der Waals surface area contributed by atoms with Crippen LogP contribution in [0.5, 0.6) is 0 Å². The molecular weight excluding hydrogens is 632 g/mol. The van der Waals surface area contributed by atoms with Gasteiger partial charge in [0.15, 0.2) is 15.7 Å². The third-order valence-corrected chi connectivity index (χ3v) is 8.60. The molecule has 2 aromatic rings. The van der Waals surface area contributed by atoms with Crippen LogP contribution in [-0.2, 0) is 44.0 Å². The van der Waals surface area contributed by atoms with Gasteiger partial charge in [-0.05, 0) is 38.0 Å². The fourth-order valence-corrected chi connectivity index (χ4v) is 5.73. The topological polar surface area (TPSA) is 256 Å². The van der Waals surface area contributed by atoms with Crippen LogP contribution in [0.4, 0.5) is 23.0 Å². The summed E-state index contributed by atoms with van der Waals surface area (Å²) in [6.07, 6.45) is 1.22. The number of azo groups is 1. The van der Waals surface area contributed by atoms with Gasteiger partial charge in [-0.25, -0.2) is 17.6 Å². The summed E-state index contributed by atoms with van der Waals surface area (Å²) in [4.78, 5) is 2.96. The van der Waals surface area contributed by atoms with Gasteiger partial charge in [0.2, 0.25) is 0 Å². The van der Waals surface area contributed by atoms with E-state index in [1.165, 1.54) is 0 Å². The van der Waals surface area contributed by atoms with Crippen molar-refractivity contribution in [2.24, 2.45) is 10.2 Å². The van der Waals surface area contributed by atoms with E-state index in [1.807, 2.05) is 0 Å². The summed E-state index contributed by atoms with van der Waals surface area (Å²) in [7, 11) is -11.2. The summed E-state index contributed by atoms with van der Waals surface area (Å²) in [6.45, 7) is 2.40. The molecule has 43 heavy (non-hydrogen) atoms. The first-order chi connectivity index (χ1) is 20.1. The van der Waals surface area contributed by atoms with Crippen molar-refractivity contribution in [1.82, 2.24) is 4.98 Å². The first-order valence-electron chi connectivity index (χ1n) is 12.4. The van der Waals surface area contributed by atoms with Crippen LogP contribution in [0.3, 0.4) is 0 Å². The van der Waals surface area contributed by atoms with Crippen LogP contribution in [-0.4, -0.2) is 92.2 Å². The number of hydrogen-bond acceptors (Lipinski definition) is 15. The molecule has 238 valence electrons. The minimum Gasteiger partial charge on any atom is -0.385 e. The van der Waals surface area contributed by atoms with Crippen molar-refractivity contribution in [3.63, 3.8) is 0 Å². The van der Waals surface area contributed by atoms with Crippen molar-refractivity contribution >= 4 is 53.4 Å². The monoisotopic (exact) mass is 664 g/mol. The lowest BCUT2D eigenvalue weighted by atomic mass is 10.1. The van der Waals surface area contributed by atoms with Gasteiger partial charge < -0.3 is 20.1 Å². The van der Waals surface area contributed by atoms with Gasteiger partial charge in [-0.15, -0.1) is 10.2 Å². The number of rotatable bonds is 18. The third-order valence-electron chi connectivity index (χ3n) is 5.57. The second kappa shape index (κ2) is 16.0. The van der Waals surface area contributed by atoms with E-state index in [1.54, 1.807) is 21.1 Å². The molecule has 0 unspecified atom stereocenters. The Bertz CT molecular complexity index is 1670. The van der Waals surface area contributed by atoms with Gasteiger partial charge in [0.05, 0.1) is 22.8 Å². The minimum atomic E-state index is -5.04. The molecule has 17 nitrogen and oxygen atoms in total. The van der Waals surface area contributed by atoms with Crippen molar-refractivity contribution < 1.29 is 48.0 Å². The molecule has 0 aliphatic rings. The summed E-state index contributed by atoms with van der Waals surface area (Å²) < 4.78 is 103. The van der Waals surface area contributed by atoms with E-state index < -0.39 is 58.2 Å². The maximum atomic E-state index is 12.6. The minimum absolute atomic E-state index is 0.0803. The number of ether oxygens (including phenoxy) is 2. The van der Waals surface area contributed by atoms with Gasteiger partial charge >= 0.3 is 10.4 Å². The van der Waals surface area contributed by atoms with E-state index in [9.17, 15) is 35.1 Å². The Morgan fingerprint density at radius 2 is 1.53 bits per heavy atom. The number of methoxy groups -OCH3 is 2. The third kappa shape index (κ3) is 11.0. The maximum Gasteiger partial charge on any atom is 0.397 e. The Morgan fingerprint density at radius 3 is 2.07 bits per heavy atom. The number of nitrogens with zero attached hydrogens (tertiary/aromatic N) is 4. The first-order valence-corrected chi connectivity index (χ1v) is 16.9. The van der Waals surface area contributed by atoms with Crippen LogP contribution in [0.1, 0.15) is 24.0 Å². The quantitative estimate of drug-likeness (QED) is 0.101. The molecule has 0 aliphatic carbocycles. The molecule has 0 radical (unpaired) electrons. The SMILES string of the molecule is COCCCNc1nc(NCCCOC)c(N=Nc2ccc(S(=O)(=O)CCOS(=O)(=O)O)cc2S(=O)(=O)O)c(C)c1C#N. The lowest BCUT2D eigenvalue weighted by Gasteiger charge is -2.15. The molecule has 0 saturated carbocycles. The molecule has 4 N–H and O–H groups in total. The standard InChI is InChI=1S/C23H32N6O11S3/c1-16-18(15-24)22(25-8-4-10-38-2)27-23(26-9-5-11-39-3)21(16)29-28-19-7-6-17(14-20(19)42(32,33)34)41(30,31)13-12-40-43(35,36)37/h6-7,14H,4-5,8-13H2,1-3H3,(H2,25,26,27)(H,32,33,34)(H,35,36,37).